The third-order valence-corrected chi connectivity index (χ3v) is 17.3. The second kappa shape index (κ2) is 48.4. The highest BCUT2D eigenvalue weighted by Crippen LogP contribution is 2.33. The highest BCUT2D eigenvalue weighted by atomic mass is 16.8. The first-order chi connectivity index (χ1) is 40.8. The molecule has 3 saturated heterocycles. The van der Waals surface area contributed by atoms with Gasteiger partial charge in [0.2, 0.25) is 5.91 Å². The summed E-state index contributed by atoms with van der Waals surface area (Å²) in [5, 5.41) is 120. The van der Waals surface area contributed by atoms with Crippen molar-refractivity contribution in [3.63, 3.8) is 0 Å². The van der Waals surface area contributed by atoms with Gasteiger partial charge in [0, 0.05) is 6.42 Å². The molecular weight excluding hydrogens is 1080 g/mol. The van der Waals surface area contributed by atoms with Crippen LogP contribution in [-0.4, -0.2) is 193 Å². The van der Waals surface area contributed by atoms with Crippen LogP contribution in [0.15, 0.2) is 12.2 Å². The molecule has 0 aromatic rings. The van der Waals surface area contributed by atoms with Crippen molar-refractivity contribution < 1.29 is 89.4 Å². The van der Waals surface area contributed by atoms with E-state index in [1.807, 2.05) is 6.08 Å². The average Bonchev–Trinajstić information content (AvgIpc) is 2.97. The first kappa shape index (κ1) is 76.8. The van der Waals surface area contributed by atoms with E-state index >= 15 is 0 Å². The van der Waals surface area contributed by atoms with Crippen molar-refractivity contribution in [2.75, 3.05) is 26.4 Å². The number of carbonyl (C=O) groups is 1. The molecule has 3 aliphatic rings. The van der Waals surface area contributed by atoms with Crippen LogP contribution in [0.5, 0.6) is 0 Å². The Kier molecular flexibility index (Phi) is 44.2. The zero-order valence-corrected chi connectivity index (χ0v) is 52.2. The highest BCUT2D eigenvalue weighted by molar-refractivity contribution is 5.76. The molecule has 0 aromatic heterocycles. The van der Waals surface area contributed by atoms with Gasteiger partial charge < -0.3 is 89.9 Å². The zero-order valence-electron chi connectivity index (χ0n) is 52.2. The van der Waals surface area contributed by atoms with Crippen LogP contribution in [0.25, 0.3) is 0 Å². The Bertz CT molecular complexity index is 1580. The predicted molar refractivity (Wildman–Crippen MR) is 323 cm³/mol. The second-order valence-electron chi connectivity index (χ2n) is 24.7. The fourth-order valence-electron chi connectivity index (χ4n) is 11.8. The molecule has 496 valence electrons. The molecule has 3 rings (SSSR count). The minimum atomic E-state index is -1.98. The lowest BCUT2D eigenvalue weighted by Crippen LogP contribution is -2.66. The van der Waals surface area contributed by atoms with Gasteiger partial charge in [-0.15, -0.1) is 0 Å². The number of rotatable bonds is 52. The molecule has 0 aromatic carbocycles. The van der Waals surface area contributed by atoms with Gasteiger partial charge in [-0.3, -0.25) is 4.79 Å². The summed E-state index contributed by atoms with van der Waals surface area (Å²) in [6, 6.07) is -0.968. The summed E-state index contributed by atoms with van der Waals surface area (Å²) < 4.78 is 34.3. The number of unbranched alkanes of at least 4 members (excludes halogenated alkanes) is 36. The summed E-state index contributed by atoms with van der Waals surface area (Å²) in [6.07, 6.45) is 24.7. The van der Waals surface area contributed by atoms with Gasteiger partial charge in [-0.05, 0) is 19.3 Å². The van der Waals surface area contributed by atoms with E-state index in [0.29, 0.717) is 6.42 Å². The van der Waals surface area contributed by atoms with Crippen molar-refractivity contribution >= 4 is 5.91 Å². The van der Waals surface area contributed by atoms with Gasteiger partial charge in [-0.1, -0.05) is 251 Å². The van der Waals surface area contributed by atoms with Gasteiger partial charge in [-0.2, -0.15) is 0 Å². The Labute approximate surface area is 506 Å². The molecule has 84 heavy (non-hydrogen) atoms. The van der Waals surface area contributed by atoms with E-state index < -0.39 is 124 Å². The fourth-order valence-corrected chi connectivity index (χ4v) is 11.8. The Morgan fingerprint density at radius 1 is 0.417 bits per heavy atom. The standard InChI is InChI=1S/C65H123NO18/c1-3-5-7-9-11-13-15-17-19-21-23-24-25-27-29-31-33-35-37-39-41-43-53(71)66-48(49(70)42-40-38-36-34-32-30-28-26-22-20-18-16-14-12-10-8-6-4-2)47-79-63-59(77)56(74)61(51(45-68)81-63)84-65-60(78)57(75)62(52(46-69)82-65)83-64-58(76)55(73)54(72)50(44-67)80-64/h40,42,48-52,54-65,67-70,72-78H,3-39,41,43-47H2,1-2H3,(H,66,71)/b42-40+. The molecule has 0 radical (unpaired) electrons. The number of amides is 1. The quantitative estimate of drug-likeness (QED) is 0.0202. The number of aliphatic hydroxyl groups excluding tert-OH is 11. The van der Waals surface area contributed by atoms with Crippen LogP contribution in [0.2, 0.25) is 0 Å². The van der Waals surface area contributed by atoms with Gasteiger partial charge in [0.15, 0.2) is 18.9 Å². The largest absolute Gasteiger partial charge is 0.394 e. The van der Waals surface area contributed by atoms with Gasteiger partial charge >= 0.3 is 0 Å². The minimum absolute atomic E-state index is 0.250. The van der Waals surface area contributed by atoms with Crippen molar-refractivity contribution in [2.24, 2.45) is 0 Å². The number of hydrogen-bond acceptors (Lipinski definition) is 18. The van der Waals surface area contributed by atoms with Crippen LogP contribution in [0, 0.1) is 0 Å². The number of ether oxygens (including phenoxy) is 6. The molecule has 0 saturated carbocycles. The Morgan fingerprint density at radius 3 is 1.12 bits per heavy atom. The molecule has 19 heteroatoms. The third-order valence-electron chi connectivity index (χ3n) is 17.3. The highest BCUT2D eigenvalue weighted by Gasteiger charge is 2.53. The molecule has 3 aliphatic heterocycles. The molecule has 0 aliphatic carbocycles. The third kappa shape index (κ3) is 30.8. The topological polar surface area (TPSA) is 307 Å². The van der Waals surface area contributed by atoms with Crippen molar-refractivity contribution in [3.8, 4) is 0 Å². The summed E-state index contributed by atoms with van der Waals surface area (Å²) >= 11 is 0. The van der Waals surface area contributed by atoms with Crippen LogP contribution in [0.3, 0.4) is 0 Å². The normalized spacial score (nSPS) is 29.2. The number of nitrogens with one attached hydrogen (secondary N) is 1. The van der Waals surface area contributed by atoms with Crippen LogP contribution < -0.4 is 5.32 Å². The molecule has 3 heterocycles. The van der Waals surface area contributed by atoms with Crippen molar-refractivity contribution in [2.45, 2.75) is 369 Å². The summed E-state index contributed by atoms with van der Waals surface area (Å²) in [7, 11) is 0. The van der Waals surface area contributed by atoms with Gasteiger partial charge in [0.1, 0.15) is 73.2 Å². The lowest BCUT2D eigenvalue weighted by atomic mass is 9.96. The summed E-state index contributed by atoms with van der Waals surface area (Å²) in [6.45, 7) is 1.77. The molecule has 12 N–H and O–H groups in total. The SMILES string of the molecule is CCCCCCCCCCCCCCCCCC/C=C/C(O)C(COC1OC(CO)C(OC2OC(CO)C(OC3OC(CO)C(O)C(O)C3O)C(O)C2O)C(O)C1O)NC(=O)CCCCCCCCCCCCCCCCCCCCCCC. The van der Waals surface area contributed by atoms with Crippen molar-refractivity contribution in [1.29, 1.82) is 0 Å². The predicted octanol–water partition coefficient (Wildman–Crippen LogP) is 8.11. The fraction of sp³-hybridized carbons (Fsp3) is 0.954. The van der Waals surface area contributed by atoms with E-state index in [1.165, 1.54) is 193 Å². The molecule has 0 bridgehead atoms. The van der Waals surface area contributed by atoms with Gasteiger partial charge in [0.05, 0.1) is 38.6 Å². The number of allylic oxidation sites excluding steroid dienone is 1. The van der Waals surface area contributed by atoms with Crippen molar-refractivity contribution in [3.05, 3.63) is 12.2 Å². The van der Waals surface area contributed by atoms with Crippen LogP contribution >= 0.6 is 0 Å². The number of aliphatic hydroxyl groups is 11. The summed E-state index contributed by atoms with van der Waals surface area (Å²) in [5.74, 6) is -0.270. The van der Waals surface area contributed by atoms with Crippen molar-refractivity contribution in [1.82, 2.24) is 5.32 Å². The molecular formula is C65H123NO18. The minimum Gasteiger partial charge on any atom is -0.394 e. The lowest BCUT2D eigenvalue weighted by molar-refractivity contribution is -0.379. The summed E-state index contributed by atoms with van der Waals surface area (Å²) in [5.41, 5.74) is 0. The zero-order chi connectivity index (χ0) is 61.2. The van der Waals surface area contributed by atoms with E-state index in [4.69, 9.17) is 28.4 Å². The Morgan fingerprint density at radius 2 is 0.738 bits per heavy atom. The number of hydrogen-bond donors (Lipinski definition) is 12. The number of carbonyl (C=O) groups excluding carboxylic acids is 1. The van der Waals surface area contributed by atoms with Crippen LogP contribution in [0.1, 0.15) is 264 Å². The Balaban J connectivity index is 1.46. The molecule has 19 nitrogen and oxygen atoms in total. The first-order valence-electron chi connectivity index (χ1n) is 33.9. The van der Waals surface area contributed by atoms with Gasteiger partial charge in [-0.25, -0.2) is 0 Å². The summed E-state index contributed by atoms with van der Waals surface area (Å²) in [4.78, 5) is 13.4. The average molecular weight is 1210 g/mol. The first-order valence-corrected chi connectivity index (χ1v) is 33.9. The molecule has 0 spiro atoms. The van der Waals surface area contributed by atoms with E-state index in [9.17, 15) is 61.0 Å². The Hall–Kier alpha value is -1.47. The lowest BCUT2D eigenvalue weighted by Gasteiger charge is -2.48. The molecule has 3 fully saturated rings. The van der Waals surface area contributed by atoms with Crippen LogP contribution in [0.4, 0.5) is 0 Å². The molecule has 17 atom stereocenters. The van der Waals surface area contributed by atoms with E-state index in [-0.39, 0.29) is 18.9 Å². The second-order valence-corrected chi connectivity index (χ2v) is 24.7. The molecule has 1 amide bonds. The maximum Gasteiger partial charge on any atom is 0.220 e. The maximum atomic E-state index is 13.4. The monoisotopic (exact) mass is 1210 g/mol. The van der Waals surface area contributed by atoms with E-state index in [2.05, 4.69) is 19.2 Å². The van der Waals surface area contributed by atoms with E-state index in [0.717, 1.165) is 44.9 Å². The molecule has 17 unspecified atom stereocenters. The van der Waals surface area contributed by atoms with Gasteiger partial charge in [0.25, 0.3) is 0 Å². The van der Waals surface area contributed by atoms with E-state index in [1.54, 1.807) is 6.08 Å². The van der Waals surface area contributed by atoms with Crippen LogP contribution in [-0.2, 0) is 33.2 Å². The smallest absolute Gasteiger partial charge is 0.220 e. The maximum absolute atomic E-state index is 13.4.